The van der Waals surface area contributed by atoms with Crippen molar-refractivity contribution < 1.29 is 9.53 Å². The van der Waals surface area contributed by atoms with E-state index in [1.165, 1.54) is 0 Å². The van der Waals surface area contributed by atoms with Crippen molar-refractivity contribution in [1.82, 2.24) is 20.6 Å². The molecule has 3 N–H and O–H groups in total. The molecule has 3 aromatic rings. The summed E-state index contributed by atoms with van der Waals surface area (Å²) < 4.78 is 6.08. The Morgan fingerprint density at radius 1 is 1.15 bits per heavy atom. The Kier molecular flexibility index (Phi) is 5.46. The fourth-order valence-corrected chi connectivity index (χ4v) is 3.27. The number of halogens is 1. The van der Waals surface area contributed by atoms with Gasteiger partial charge in [-0.3, -0.25) is 0 Å². The number of carbonyl (C=O) groups excluding carboxylic acids is 1. The van der Waals surface area contributed by atoms with Gasteiger partial charge in [0.25, 0.3) is 0 Å². The highest BCUT2D eigenvalue weighted by Crippen LogP contribution is 2.28. The van der Waals surface area contributed by atoms with E-state index in [-0.39, 0.29) is 18.1 Å². The summed E-state index contributed by atoms with van der Waals surface area (Å²) in [5.74, 6) is 1.48. The molecule has 0 fully saturated rings. The van der Waals surface area contributed by atoms with E-state index in [4.69, 9.17) is 4.74 Å². The van der Waals surface area contributed by atoms with Crippen LogP contribution in [0, 0.1) is 0 Å². The number of aromatic nitrogens is 2. The first kappa shape index (κ1) is 18.3. The van der Waals surface area contributed by atoms with E-state index >= 15 is 0 Å². The van der Waals surface area contributed by atoms with Crippen molar-refractivity contribution in [2.45, 2.75) is 25.9 Å². The van der Waals surface area contributed by atoms with E-state index < -0.39 is 0 Å². The standard InChI is InChI=1S/C19H21BrN4O2/c1-11(13-8-9-17(26-3)14(20)10-13)21-19(25)22-12(2)18-23-15-6-4-5-7-16(15)24-18/h4-12H,1-3H3,(H,23,24)(H2,21,22,25)/t11-,12-/m1/s1. The molecule has 0 aliphatic rings. The maximum atomic E-state index is 12.3. The molecule has 3 rings (SSSR count). The number of urea groups is 1. The quantitative estimate of drug-likeness (QED) is 0.574. The summed E-state index contributed by atoms with van der Waals surface area (Å²) in [6, 6.07) is 12.9. The number of amides is 2. The Balaban J connectivity index is 1.63. The molecule has 2 atom stereocenters. The maximum absolute atomic E-state index is 12.3. The van der Waals surface area contributed by atoms with Gasteiger partial charge in [0, 0.05) is 0 Å². The molecule has 136 valence electrons. The molecule has 2 amide bonds. The molecular weight excluding hydrogens is 396 g/mol. The van der Waals surface area contributed by atoms with Crippen molar-refractivity contribution in [2.75, 3.05) is 7.11 Å². The first-order chi connectivity index (χ1) is 12.5. The molecule has 0 saturated carbocycles. The molecule has 6 nitrogen and oxygen atoms in total. The number of methoxy groups -OCH3 is 1. The van der Waals surface area contributed by atoms with Crippen molar-refractivity contribution in [1.29, 1.82) is 0 Å². The van der Waals surface area contributed by atoms with Gasteiger partial charge < -0.3 is 20.4 Å². The summed E-state index contributed by atoms with van der Waals surface area (Å²) in [6.07, 6.45) is 0. The van der Waals surface area contributed by atoms with Crippen molar-refractivity contribution in [2.24, 2.45) is 0 Å². The van der Waals surface area contributed by atoms with Crippen molar-refractivity contribution >= 4 is 33.0 Å². The third kappa shape index (κ3) is 3.99. The zero-order valence-electron chi connectivity index (χ0n) is 14.8. The van der Waals surface area contributed by atoms with Crippen LogP contribution in [0.15, 0.2) is 46.9 Å². The van der Waals surface area contributed by atoms with Crippen molar-refractivity contribution in [3.05, 3.63) is 58.3 Å². The second-order valence-electron chi connectivity index (χ2n) is 6.09. The molecular formula is C19H21BrN4O2. The number of rotatable bonds is 5. The van der Waals surface area contributed by atoms with E-state index in [0.717, 1.165) is 32.6 Å². The Hall–Kier alpha value is -2.54. The minimum absolute atomic E-state index is 0.153. The predicted octanol–water partition coefficient (Wildman–Crippen LogP) is 4.46. The average molecular weight is 417 g/mol. The summed E-state index contributed by atoms with van der Waals surface area (Å²) >= 11 is 3.46. The topological polar surface area (TPSA) is 79.0 Å². The van der Waals surface area contributed by atoms with Crippen LogP contribution in [0.25, 0.3) is 11.0 Å². The third-order valence-electron chi connectivity index (χ3n) is 4.19. The van der Waals surface area contributed by atoms with E-state index in [1.807, 2.05) is 56.3 Å². The highest BCUT2D eigenvalue weighted by Gasteiger charge is 2.16. The lowest BCUT2D eigenvalue weighted by Gasteiger charge is -2.18. The lowest BCUT2D eigenvalue weighted by atomic mass is 10.1. The number of ether oxygens (including phenoxy) is 1. The number of nitrogens with zero attached hydrogens (tertiary/aromatic N) is 1. The molecule has 0 unspecified atom stereocenters. The monoisotopic (exact) mass is 416 g/mol. The first-order valence-corrected chi connectivity index (χ1v) is 9.12. The zero-order valence-corrected chi connectivity index (χ0v) is 16.4. The van der Waals surface area contributed by atoms with Crippen LogP contribution in [0.2, 0.25) is 0 Å². The van der Waals surface area contributed by atoms with Gasteiger partial charge in [0.05, 0.1) is 34.7 Å². The van der Waals surface area contributed by atoms with Gasteiger partial charge in [-0.05, 0) is 59.6 Å². The number of nitrogens with one attached hydrogen (secondary N) is 3. The normalized spacial score (nSPS) is 13.2. The molecule has 0 saturated heterocycles. The summed E-state index contributed by atoms with van der Waals surface area (Å²) in [4.78, 5) is 20.1. The van der Waals surface area contributed by atoms with Crippen molar-refractivity contribution in [3.63, 3.8) is 0 Å². The number of aromatic amines is 1. The maximum Gasteiger partial charge on any atom is 0.315 e. The SMILES string of the molecule is COc1ccc([C@@H](C)NC(=O)N[C@H](C)c2nc3ccccc3[nH]2)cc1Br. The average Bonchev–Trinajstić information content (AvgIpc) is 3.05. The van der Waals surface area contributed by atoms with Gasteiger partial charge in [0.15, 0.2) is 0 Å². The van der Waals surface area contributed by atoms with E-state index in [0.29, 0.717) is 0 Å². The van der Waals surface area contributed by atoms with E-state index in [9.17, 15) is 4.79 Å². The molecule has 7 heteroatoms. The molecule has 2 aromatic carbocycles. The van der Waals surface area contributed by atoms with Gasteiger partial charge in [-0.2, -0.15) is 0 Å². The van der Waals surface area contributed by atoms with Crippen molar-refractivity contribution in [3.8, 4) is 5.75 Å². The highest BCUT2D eigenvalue weighted by atomic mass is 79.9. The molecule has 0 aliphatic carbocycles. The number of fused-ring (bicyclic) bond motifs is 1. The zero-order chi connectivity index (χ0) is 18.7. The second-order valence-corrected chi connectivity index (χ2v) is 6.95. The van der Waals surface area contributed by atoms with Gasteiger partial charge in [0.1, 0.15) is 11.6 Å². The van der Waals surface area contributed by atoms with Crippen LogP contribution >= 0.6 is 15.9 Å². The lowest BCUT2D eigenvalue weighted by Crippen LogP contribution is -2.38. The Morgan fingerprint density at radius 3 is 2.58 bits per heavy atom. The molecule has 26 heavy (non-hydrogen) atoms. The second kappa shape index (κ2) is 7.78. The van der Waals surface area contributed by atoms with Crippen LogP contribution in [0.5, 0.6) is 5.75 Å². The molecule has 0 radical (unpaired) electrons. The first-order valence-electron chi connectivity index (χ1n) is 8.33. The largest absolute Gasteiger partial charge is 0.496 e. The number of carbonyl (C=O) groups is 1. The Morgan fingerprint density at radius 2 is 1.88 bits per heavy atom. The van der Waals surface area contributed by atoms with E-state index in [1.54, 1.807) is 7.11 Å². The molecule has 0 aliphatic heterocycles. The van der Waals surface area contributed by atoms with Crippen LogP contribution in [0.1, 0.15) is 37.3 Å². The van der Waals surface area contributed by atoms with Crippen LogP contribution in [-0.4, -0.2) is 23.1 Å². The number of benzene rings is 2. The van der Waals surface area contributed by atoms with Crippen LogP contribution in [0.3, 0.4) is 0 Å². The lowest BCUT2D eigenvalue weighted by molar-refractivity contribution is 0.234. The van der Waals surface area contributed by atoms with Gasteiger partial charge in [-0.25, -0.2) is 9.78 Å². The van der Waals surface area contributed by atoms with Crippen LogP contribution in [0.4, 0.5) is 4.79 Å². The number of imidazole rings is 1. The molecule has 0 bridgehead atoms. The predicted molar refractivity (Wildman–Crippen MR) is 105 cm³/mol. The molecule has 0 spiro atoms. The molecule has 1 heterocycles. The van der Waals surface area contributed by atoms with Gasteiger partial charge in [0.2, 0.25) is 0 Å². The Bertz CT molecular complexity index is 892. The van der Waals surface area contributed by atoms with Gasteiger partial charge in [-0.15, -0.1) is 0 Å². The fraction of sp³-hybridized carbons (Fsp3) is 0.263. The van der Waals surface area contributed by atoms with Gasteiger partial charge >= 0.3 is 6.03 Å². The minimum Gasteiger partial charge on any atom is -0.496 e. The summed E-state index contributed by atoms with van der Waals surface area (Å²) in [5, 5.41) is 5.86. The number of hydrogen-bond donors (Lipinski definition) is 3. The number of para-hydroxylation sites is 2. The fourth-order valence-electron chi connectivity index (χ4n) is 2.72. The Labute approximate surface area is 160 Å². The number of hydrogen-bond acceptors (Lipinski definition) is 3. The van der Waals surface area contributed by atoms with Crippen LogP contribution < -0.4 is 15.4 Å². The van der Waals surface area contributed by atoms with Crippen LogP contribution in [-0.2, 0) is 0 Å². The molecule has 1 aromatic heterocycles. The number of H-pyrrole nitrogens is 1. The summed E-state index contributed by atoms with van der Waals surface area (Å²) in [6.45, 7) is 3.83. The summed E-state index contributed by atoms with van der Waals surface area (Å²) in [7, 11) is 1.62. The highest BCUT2D eigenvalue weighted by molar-refractivity contribution is 9.10. The third-order valence-corrected chi connectivity index (χ3v) is 4.81. The smallest absolute Gasteiger partial charge is 0.315 e. The van der Waals surface area contributed by atoms with E-state index in [2.05, 4.69) is 36.5 Å². The summed E-state index contributed by atoms with van der Waals surface area (Å²) in [5.41, 5.74) is 2.81. The van der Waals surface area contributed by atoms with Gasteiger partial charge in [-0.1, -0.05) is 18.2 Å². The minimum atomic E-state index is -0.252.